The smallest absolute Gasteiger partial charge is 0.383 e. The summed E-state index contributed by atoms with van der Waals surface area (Å²) in [6.45, 7) is 9.10. The topological polar surface area (TPSA) is 59.4 Å². The van der Waals surface area contributed by atoms with E-state index in [1.165, 1.54) is 18.7 Å². The van der Waals surface area contributed by atoms with Crippen LogP contribution in [0.3, 0.4) is 0 Å². The molecule has 0 saturated carbocycles. The largest absolute Gasteiger partial charge is 0.435 e. The van der Waals surface area contributed by atoms with Crippen molar-refractivity contribution in [2.75, 3.05) is 26.8 Å². The lowest BCUT2D eigenvalue weighted by molar-refractivity contribution is -0.142. The van der Waals surface area contributed by atoms with E-state index in [0.717, 1.165) is 19.4 Å². The molecule has 1 N–H and O–H groups in total. The van der Waals surface area contributed by atoms with Gasteiger partial charge in [0.25, 0.3) is 5.91 Å². The molecule has 0 bridgehead atoms. The molecule has 1 aromatic rings. The van der Waals surface area contributed by atoms with Crippen molar-refractivity contribution in [3.63, 3.8) is 0 Å². The molecule has 2 atom stereocenters. The highest BCUT2D eigenvalue weighted by molar-refractivity contribution is 5.96. The average molecular weight is 390 g/mol. The third-order valence-electron chi connectivity index (χ3n) is 4.94. The predicted molar refractivity (Wildman–Crippen MR) is 95.8 cm³/mol. The molecular weight excluding hydrogens is 361 g/mol. The number of rotatable bonds is 6. The maximum absolute atomic E-state index is 13.6. The number of halogens is 3. The minimum Gasteiger partial charge on any atom is -0.383 e. The van der Waals surface area contributed by atoms with Crippen LogP contribution in [-0.4, -0.2) is 59.5 Å². The van der Waals surface area contributed by atoms with Gasteiger partial charge in [0, 0.05) is 31.4 Å². The number of hydrogen-bond donors (Lipinski definition) is 1. The fourth-order valence-electron chi connectivity index (χ4n) is 3.58. The monoisotopic (exact) mass is 390 g/mol. The van der Waals surface area contributed by atoms with Gasteiger partial charge < -0.3 is 10.1 Å². The van der Waals surface area contributed by atoms with Crippen molar-refractivity contribution >= 4 is 5.91 Å². The van der Waals surface area contributed by atoms with Crippen LogP contribution in [0.4, 0.5) is 13.2 Å². The van der Waals surface area contributed by atoms with Crippen LogP contribution in [0.15, 0.2) is 0 Å². The number of carbonyl (C=O) groups excluding carboxylic acids is 1. The fourth-order valence-corrected chi connectivity index (χ4v) is 3.58. The van der Waals surface area contributed by atoms with Gasteiger partial charge in [-0.3, -0.25) is 14.4 Å². The molecule has 0 aromatic carbocycles. The Balaban J connectivity index is 2.38. The van der Waals surface area contributed by atoms with Gasteiger partial charge in [0.1, 0.15) is 0 Å². The third kappa shape index (κ3) is 5.01. The van der Waals surface area contributed by atoms with Crippen LogP contribution in [0.2, 0.25) is 0 Å². The van der Waals surface area contributed by atoms with E-state index >= 15 is 0 Å². The Labute approximate surface area is 158 Å². The summed E-state index contributed by atoms with van der Waals surface area (Å²) < 4.78 is 47.0. The van der Waals surface area contributed by atoms with E-state index in [1.807, 2.05) is 0 Å². The van der Waals surface area contributed by atoms with Crippen molar-refractivity contribution in [3.8, 4) is 0 Å². The molecule has 2 rings (SSSR count). The van der Waals surface area contributed by atoms with Crippen molar-refractivity contribution in [2.24, 2.45) is 0 Å². The SMILES string of the molecule is COC[C@@H](C)NC(=O)c1c(C(F)(F)F)nn([C@H]2CCCN(C(C)C)C2)c1C. The molecule has 6 nitrogen and oxygen atoms in total. The van der Waals surface area contributed by atoms with Gasteiger partial charge in [-0.25, -0.2) is 0 Å². The highest BCUT2D eigenvalue weighted by atomic mass is 19.4. The lowest BCUT2D eigenvalue weighted by atomic mass is 10.0. The van der Waals surface area contributed by atoms with Crippen LogP contribution in [0.1, 0.15) is 61.4 Å². The van der Waals surface area contributed by atoms with Gasteiger partial charge in [-0.1, -0.05) is 0 Å². The summed E-state index contributed by atoms with van der Waals surface area (Å²) in [6.07, 6.45) is -3.07. The van der Waals surface area contributed by atoms with Gasteiger partial charge in [0.2, 0.25) is 0 Å². The number of alkyl halides is 3. The number of piperidine rings is 1. The summed E-state index contributed by atoms with van der Waals surface area (Å²) in [4.78, 5) is 14.8. The summed E-state index contributed by atoms with van der Waals surface area (Å²) in [6, 6.07) is -0.277. The highest BCUT2D eigenvalue weighted by Gasteiger charge is 2.42. The second-order valence-corrected chi connectivity index (χ2v) is 7.47. The predicted octanol–water partition coefficient (Wildman–Crippen LogP) is 3.02. The molecule has 0 aliphatic carbocycles. The van der Waals surface area contributed by atoms with Gasteiger partial charge in [-0.15, -0.1) is 0 Å². The minimum absolute atomic E-state index is 0.180. The Hall–Kier alpha value is -1.61. The summed E-state index contributed by atoms with van der Waals surface area (Å²) in [5.41, 5.74) is -1.27. The van der Waals surface area contributed by atoms with E-state index in [9.17, 15) is 18.0 Å². The van der Waals surface area contributed by atoms with Crippen molar-refractivity contribution in [1.82, 2.24) is 20.0 Å². The number of likely N-dealkylation sites (tertiary alicyclic amines) is 1. The molecule has 0 unspecified atom stereocenters. The Morgan fingerprint density at radius 3 is 2.59 bits per heavy atom. The zero-order chi connectivity index (χ0) is 20.4. The van der Waals surface area contributed by atoms with E-state index in [-0.39, 0.29) is 18.3 Å². The quantitative estimate of drug-likeness (QED) is 0.811. The molecule has 2 heterocycles. The number of aromatic nitrogens is 2. The van der Waals surface area contributed by atoms with Crippen LogP contribution in [-0.2, 0) is 10.9 Å². The van der Waals surface area contributed by atoms with Crippen LogP contribution in [0, 0.1) is 6.92 Å². The molecule has 154 valence electrons. The van der Waals surface area contributed by atoms with E-state index in [1.54, 1.807) is 6.92 Å². The summed E-state index contributed by atoms with van der Waals surface area (Å²) in [5, 5.41) is 6.41. The zero-order valence-electron chi connectivity index (χ0n) is 16.6. The molecule has 1 saturated heterocycles. The molecular formula is C18H29F3N4O2. The molecule has 9 heteroatoms. The molecule has 1 aliphatic rings. The molecule has 0 spiro atoms. The Morgan fingerprint density at radius 2 is 2.04 bits per heavy atom. The summed E-state index contributed by atoms with van der Waals surface area (Å²) in [5.74, 6) is -0.771. The van der Waals surface area contributed by atoms with Crippen LogP contribution in [0.25, 0.3) is 0 Å². The number of amides is 1. The molecule has 1 aliphatic heterocycles. The molecule has 1 fully saturated rings. The van der Waals surface area contributed by atoms with Crippen molar-refractivity contribution in [3.05, 3.63) is 17.0 Å². The summed E-state index contributed by atoms with van der Waals surface area (Å²) >= 11 is 0. The van der Waals surface area contributed by atoms with Crippen molar-refractivity contribution < 1.29 is 22.7 Å². The Kier molecular flexibility index (Phi) is 6.91. The number of carbonyl (C=O) groups is 1. The van der Waals surface area contributed by atoms with Gasteiger partial charge in [-0.05, 0) is 47.1 Å². The van der Waals surface area contributed by atoms with Gasteiger partial charge in [0.05, 0.1) is 18.2 Å². The first-order chi connectivity index (χ1) is 12.6. The lowest BCUT2D eigenvalue weighted by Gasteiger charge is -2.35. The molecule has 27 heavy (non-hydrogen) atoms. The van der Waals surface area contributed by atoms with E-state index < -0.39 is 29.4 Å². The fraction of sp³-hybridized carbons (Fsp3) is 0.778. The van der Waals surface area contributed by atoms with Crippen LogP contribution < -0.4 is 5.32 Å². The number of methoxy groups -OCH3 is 1. The number of hydrogen-bond acceptors (Lipinski definition) is 4. The molecule has 1 aromatic heterocycles. The second kappa shape index (κ2) is 8.60. The first-order valence-corrected chi connectivity index (χ1v) is 9.26. The summed E-state index contributed by atoms with van der Waals surface area (Å²) in [7, 11) is 1.47. The maximum Gasteiger partial charge on any atom is 0.435 e. The van der Waals surface area contributed by atoms with Crippen LogP contribution in [0.5, 0.6) is 0 Å². The second-order valence-electron chi connectivity index (χ2n) is 7.47. The first kappa shape index (κ1) is 21.7. The number of nitrogens with one attached hydrogen (secondary N) is 1. The maximum atomic E-state index is 13.6. The van der Waals surface area contributed by atoms with Gasteiger partial charge >= 0.3 is 6.18 Å². The van der Waals surface area contributed by atoms with Gasteiger partial charge in [-0.2, -0.15) is 18.3 Å². The number of nitrogens with zero attached hydrogens (tertiary/aromatic N) is 3. The van der Waals surface area contributed by atoms with E-state index in [2.05, 4.69) is 29.2 Å². The normalized spacial score (nSPS) is 20.1. The van der Waals surface area contributed by atoms with E-state index in [0.29, 0.717) is 12.6 Å². The van der Waals surface area contributed by atoms with Gasteiger partial charge in [0.15, 0.2) is 5.69 Å². The average Bonchev–Trinajstić information content (AvgIpc) is 2.92. The third-order valence-corrected chi connectivity index (χ3v) is 4.94. The molecule has 1 amide bonds. The van der Waals surface area contributed by atoms with Crippen molar-refractivity contribution in [2.45, 2.75) is 64.8 Å². The zero-order valence-corrected chi connectivity index (χ0v) is 16.6. The highest BCUT2D eigenvalue weighted by Crippen LogP contribution is 2.35. The molecule has 0 radical (unpaired) electrons. The standard InChI is InChI=1S/C18H29F3N4O2/c1-11(2)24-8-6-7-14(9-24)25-13(4)15(16(23-25)18(19,20)21)17(26)22-12(3)10-27-5/h11-12,14H,6-10H2,1-5H3,(H,22,26)/t12-,14+/m1/s1. The van der Waals surface area contributed by atoms with Crippen molar-refractivity contribution in [1.29, 1.82) is 0 Å². The Morgan fingerprint density at radius 1 is 1.37 bits per heavy atom. The van der Waals surface area contributed by atoms with E-state index in [4.69, 9.17) is 4.74 Å². The van der Waals surface area contributed by atoms with Crippen LogP contribution >= 0.6 is 0 Å². The lowest BCUT2D eigenvalue weighted by Crippen LogP contribution is -2.41. The first-order valence-electron chi connectivity index (χ1n) is 9.26. The number of ether oxygens (including phenoxy) is 1. The minimum atomic E-state index is -4.69. The Bertz CT molecular complexity index is 658.